The second-order valence-corrected chi connectivity index (χ2v) is 14.5. The summed E-state index contributed by atoms with van der Waals surface area (Å²) in [4.78, 5) is 2.41. The minimum atomic E-state index is 0.0559. The molecule has 47 heavy (non-hydrogen) atoms. The highest BCUT2D eigenvalue weighted by atomic mass is 32.1. The van der Waals surface area contributed by atoms with Crippen molar-refractivity contribution in [3.05, 3.63) is 151 Å². The summed E-state index contributed by atoms with van der Waals surface area (Å²) in [6, 6.07) is 52.9. The number of anilines is 3. The van der Waals surface area contributed by atoms with Crippen molar-refractivity contribution in [1.82, 2.24) is 0 Å². The van der Waals surface area contributed by atoms with Gasteiger partial charge in [0.05, 0.1) is 5.69 Å². The zero-order valence-electron chi connectivity index (χ0n) is 26.6. The maximum absolute atomic E-state index is 6.43. The molecule has 7 aromatic carbocycles. The fourth-order valence-corrected chi connectivity index (χ4v) is 8.24. The van der Waals surface area contributed by atoms with Crippen LogP contribution in [0, 0.1) is 0 Å². The second-order valence-electron chi connectivity index (χ2n) is 13.4. The van der Waals surface area contributed by atoms with Crippen LogP contribution in [0.3, 0.4) is 0 Å². The Morgan fingerprint density at radius 3 is 2.04 bits per heavy atom. The van der Waals surface area contributed by atoms with Crippen LogP contribution >= 0.6 is 11.3 Å². The van der Waals surface area contributed by atoms with Crippen molar-refractivity contribution < 1.29 is 4.42 Å². The van der Waals surface area contributed by atoms with E-state index in [2.05, 4.69) is 159 Å². The van der Waals surface area contributed by atoms with Crippen molar-refractivity contribution in [1.29, 1.82) is 0 Å². The van der Waals surface area contributed by atoms with Crippen LogP contribution in [0.25, 0.3) is 64.0 Å². The van der Waals surface area contributed by atoms with E-state index in [0.717, 1.165) is 39.0 Å². The highest BCUT2D eigenvalue weighted by Gasteiger charge is 2.23. The van der Waals surface area contributed by atoms with Gasteiger partial charge in [-0.05, 0) is 75.8 Å². The molecule has 226 valence electrons. The van der Waals surface area contributed by atoms with Crippen LogP contribution < -0.4 is 4.90 Å². The summed E-state index contributed by atoms with van der Waals surface area (Å²) in [6.07, 6.45) is 0. The number of thiophene rings is 1. The van der Waals surface area contributed by atoms with Gasteiger partial charge >= 0.3 is 0 Å². The molecular weight excluding hydrogens is 591 g/mol. The Kier molecular flexibility index (Phi) is 6.28. The van der Waals surface area contributed by atoms with E-state index in [1.807, 2.05) is 23.5 Å². The van der Waals surface area contributed by atoms with E-state index < -0.39 is 0 Å². The fraction of sp³-hybridized carbons (Fsp3) is 0.0909. The molecule has 0 aliphatic heterocycles. The Labute approximate surface area is 278 Å². The summed E-state index contributed by atoms with van der Waals surface area (Å²) < 4.78 is 9.04. The first-order chi connectivity index (χ1) is 22.9. The number of fused-ring (bicyclic) bond motifs is 7. The lowest BCUT2D eigenvalue weighted by atomic mass is 9.87. The van der Waals surface area contributed by atoms with E-state index in [9.17, 15) is 0 Å². The van der Waals surface area contributed by atoms with Gasteiger partial charge in [-0.3, -0.25) is 0 Å². The first-order valence-electron chi connectivity index (χ1n) is 16.2. The average molecular weight is 624 g/mol. The number of para-hydroxylation sites is 1. The summed E-state index contributed by atoms with van der Waals surface area (Å²) >= 11 is 1.86. The molecule has 2 heterocycles. The van der Waals surface area contributed by atoms with E-state index in [-0.39, 0.29) is 5.41 Å². The molecule has 0 fully saturated rings. The molecule has 0 saturated heterocycles. The minimum Gasteiger partial charge on any atom is -0.456 e. The third-order valence-electron chi connectivity index (χ3n) is 9.43. The molecule has 0 saturated carbocycles. The highest BCUT2D eigenvalue weighted by molar-refractivity contribution is 7.25. The number of hydrogen-bond donors (Lipinski definition) is 0. The predicted octanol–water partition coefficient (Wildman–Crippen LogP) is 13.5. The van der Waals surface area contributed by atoms with Crippen LogP contribution in [0.4, 0.5) is 17.1 Å². The number of hydrogen-bond acceptors (Lipinski definition) is 3. The standard InChI is InChI=1S/C44H33NOS/c1-44(2,3)29-20-22-30(23-21-29)45(31-24-25-34-33-13-6-8-16-38(33)46-39(34)27-31)37-26-19-28-11-4-5-12-32(28)42(37)36-15-10-18-41-43(36)35-14-7-9-17-40(35)47-41/h4-27H,1-3H3. The van der Waals surface area contributed by atoms with Crippen LogP contribution in [0.2, 0.25) is 0 Å². The van der Waals surface area contributed by atoms with E-state index in [4.69, 9.17) is 4.42 Å². The summed E-state index contributed by atoms with van der Waals surface area (Å²) in [5, 5.41) is 7.32. The van der Waals surface area contributed by atoms with Crippen LogP contribution in [0.5, 0.6) is 0 Å². The predicted molar refractivity (Wildman–Crippen MR) is 203 cm³/mol. The van der Waals surface area contributed by atoms with Gasteiger partial charge in [-0.2, -0.15) is 0 Å². The smallest absolute Gasteiger partial charge is 0.137 e. The average Bonchev–Trinajstić information content (AvgIpc) is 3.66. The van der Waals surface area contributed by atoms with Crippen molar-refractivity contribution in [3.63, 3.8) is 0 Å². The molecule has 2 nitrogen and oxygen atoms in total. The molecule has 9 aromatic rings. The van der Waals surface area contributed by atoms with Gasteiger partial charge in [0.1, 0.15) is 11.2 Å². The van der Waals surface area contributed by atoms with Crippen molar-refractivity contribution in [3.8, 4) is 11.1 Å². The molecule has 0 amide bonds. The Morgan fingerprint density at radius 2 is 1.21 bits per heavy atom. The monoisotopic (exact) mass is 623 g/mol. The molecule has 0 bridgehead atoms. The van der Waals surface area contributed by atoms with Gasteiger partial charge < -0.3 is 9.32 Å². The molecule has 0 aliphatic carbocycles. The third kappa shape index (κ3) is 4.53. The van der Waals surface area contributed by atoms with E-state index in [0.29, 0.717) is 0 Å². The largest absolute Gasteiger partial charge is 0.456 e. The van der Waals surface area contributed by atoms with Crippen molar-refractivity contribution in [2.45, 2.75) is 26.2 Å². The molecule has 2 aromatic heterocycles. The third-order valence-corrected chi connectivity index (χ3v) is 10.6. The van der Waals surface area contributed by atoms with Crippen molar-refractivity contribution in [2.24, 2.45) is 0 Å². The number of nitrogens with zero attached hydrogens (tertiary/aromatic N) is 1. The summed E-state index contributed by atoms with van der Waals surface area (Å²) in [6.45, 7) is 6.80. The van der Waals surface area contributed by atoms with Gasteiger partial charge in [-0.15, -0.1) is 11.3 Å². The first kappa shape index (κ1) is 27.9. The zero-order valence-corrected chi connectivity index (χ0v) is 27.4. The lowest BCUT2D eigenvalue weighted by molar-refractivity contribution is 0.590. The van der Waals surface area contributed by atoms with Crippen LogP contribution in [-0.2, 0) is 5.41 Å². The van der Waals surface area contributed by atoms with Crippen LogP contribution in [0.15, 0.2) is 150 Å². The summed E-state index contributed by atoms with van der Waals surface area (Å²) in [5.74, 6) is 0. The molecule has 0 N–H and O–H groups in total. The molecule has 0 aliphatic rings. The Morgan fingerprint density at radius 1 is 0.532 bits per heavy atom. The summed E-state index contributed by atoms with van der Waals surface area (Å²) in [7, 11) is 0. The molecule has 9 rings (SSSR count). The fourth-order valence-electron chi connectivity index (χ4n) is 7.10. The second kappa shape index (κ2) is 10.6. The minimum absolute atomic E-state index is 0.0559. The van der Waals surface area contributed by atoms with Crippen molar-refractivity contribution in [2.75, 3.05) is 4.90 Å². The Hall–Kier alpha value is -5.38. The quantitative estimate of drug-likeness (QED) is 0.194. The zero-order chi connectivity index (χ0) is 31.7. The maximum Gasteiger partial charge on any atom is 0.137 e. The Balaban J connectivity index is 1.37. The number of benzene rings is 7. The summed E-state index contributed by atoms with van der Waals surface area (Å²) in [5.41, 5.74) is 8.91. The van der Waals surface area contributed by atoms with Crippen molar-refractivity contribution >= 4 is 81.3 Å². The van der Waals surface area contributed by atoms with Gasteiger partial charge in [0, 0.05) is 53.9 Å². The van der Waals surface area contributed by atoms with E-state index in [1.54, 1.807) is 0 Å². The highest BCUT2D eigenvalue weighted by Crippen LogP contribution is 2.49. The number of furan rings is 1. The molecule has 0 atom stereocenters. The van der Waals surface area contributed by atoms with Gasteiger partial charge in [-0.25, -0.2) is 0 Å². The van der Waals surface area contributed by atoms with E-state index >= 15 is 0 Å². The van der Waals surface area contributed by atoms with E-state index in [1.165, 1.54) is 47.6 Å². The van der Waals surface area contributed by atoms with Gasteiger partial charge in [0.2, 0.25) is 0 Å². The molecular formula is C44H33NOS. The lowest BCUT2D eigenvalue weighted by Gasteiger charge is -2.30. The SMILES string of the molecule is CC(C)(C)c1ccc(N(c2ccc3c(c2)oc2ccccc23)c2ccc3ccccc3c2-c2cccc3sc4ccccc4c23)cc1. The first-order valence-corrected chi connectivity index (χ1v) is 17.0. The lowest BCUT2D eigenvalue weighted by Crippen LogP contribution is -2.14. The van der Waals surface area contributed by atoms with Gasteiger partial charge in [0.25, 0.3) is 0 Å². The number of rotatable bonds is 4. The van der Waals surface area contributed by atoms with Crippen LogP contribution in [0.1, 0.15) is 26.3 Å². The van der Waals surface area contributed by atoms with Gasteiger partial charge in [0.15, 0.2) is 0 Å². The Bertz CT molecular complexity index is 2620. The molecule has 0 spiro atoms. The molecule has 0 unspecified atom stereocenters. The topological polar surface area (TPSA) is 16.4 Å². The maximum atomic E-state index is 6.43. The van der Waals surface area contributed by atoms with Crippen LogP contribution in [-0.4, -0.2) is 0 Å². The van der Waals surface area contributed by atoms with Gasteiger partial charge in [-0.1, -0.05) is 112 Å². The molecule has 0 radical (unpaired) electrons. The normalized spacial score (nSPS) is 12.1. The molecule has 3 heteroatoms.